The SMILES string of the molecule is CCn1c(=O)c2ncc3c(c2n(CC)c1=O)CC(C)(C)CC3=O. The maximum absolute atomic E-state index is 12.6. The van der Waals surface area contributed by atoms with Crippen LogP contribution in [0.4, 0.5) is 0 Å². The Hall–Kier alpha value is -2.24. The van der Waals surface area contributed by atoms with E-state index in [2.05, 4.69) is 4.98 Å². The van der Waals surface area contributed by atoms with E-state index >= 15 is 0 Å². The monoisotopic (exact) mass is 315 g/mol. The fourth-order valence-electron chi connectivity index (χ4n) is 3.50. The highest BCUT2D eigenvalue weighted by Crippen LogP contribution is 2.36. The maximum atomic E-state index is 12.6. The van der Waals surface area contributed by atoms with Crippen LogP contribution in [0.2, 0.25) is 0 Å². The Morgan fingerprint density at radius 1 is 1.09 bits per heavy atom. The lowest BCUT2D eigenvalue weighted by molar-refractivity contribution is 0.0912. The third-order valence-corrected chi connectivity index (χ3v) is 4.56. The van der Waals surface area contributed by atoms with E-state index < -0.39 is 0 Å². The molecule has 0 saturated heterocycles. The van der Waals surface area contributed by atoms with Crippen LogP contribution in [0.25, 0.3) is 11.0 Å². The molecule has 0 N–H and O–H groups in total. The van der Waals surface area contributed by atoms with E-state index in [1.54, 1.807) is 11.5 Å². The highest BCUT2D eigenvalue weighted by molar-refractivity contribution is 6.02. The summed E-state index contributed by atoms with van der Waals surface area (Å²) >= 11 is 0. The molecule has 6 nitrogen and oxygen atoms in total. The highest BCUT2D eigenvalue weighted by Gasteiger charge is 2.33. The second kappa shape index (κ2) is 5.15. The number of carbonyl (C=O) groups excluding carboxylic acids is 1. The van der Waals surface area contributed by atoms with Gasteiger partial charge >= 0.3 is 5.69 Å². The average Bonchev–Trinajstić information content (AvgIpc) is 2.47. The third-order valence-electron chi connectivity index (χ3n) is 4.56. The van der Waals surface area contributed by atoms with E-state index in [1.165, 1.54) is 10.8 Å². The first-order chi connectivity index (χ1) is 10.8. The maximum Gasteiger partial charge on any atom is 0.331 e. The molecule has 6 heteroatoms. The van der Waals surface area contributed by atoms with Crippen LogP contribution in [0.5, 0.6) is 0 Å². The summed E-state index contributed by atoms with van der Waals surface area (Å²) < 4.78 is 2.77. The number of carbonyl (C=O) groups is 1. The van der Waals surface area contributed by atoms with Crippen LogP contribution in [0, 0.1) is 5.41 Å². The largest absolute Gasteiger partial charge is 0.331 e. The Labute approximate surface area is 133 Å². The van der Waals surface area contributed by atoms with Gasteiger partial charge in [0, 0.05) is 31.3 Å². The molecule has 2 aromatic heterocycles. The van der Waals surface area contributed by atoms with Gasteiger partial charge in [0.2, 0.25) is 0 Å². The molecule has 122 valence electrons. The van der Waals surface area contributed by atoms with Crippen molar-refractivity contribution in [3.8, 4) is 0 Å². The summed E-state index contributed by atoms with van der Waals surface area (Å²) in [7, 11) is 0. The highest BCUT2D eigenvalue weighted by atomic mass is 16.2. The van der Waals surface area contributed by atoms with E-state index in [0.29, 0.717) is 37.0 Å². The van der Waals surface area contributed by atoms with Crippen molar-refractivity contribution >= 4 is 16.8 Å². The molecule has 0 aromatic carbocycles. The van der Waals surface area contributed by atoms with Gasteiger partial charge in [0.1, 0.15) is 0 Å². The fraction of sp³-hybridized carbons (Fsp3) is 0.529. The molecule has 2 aromatic rings. The van der Waals surface area contributed by atoms with Gasteiger partial charge in [0.05, 0.1) is 5.52 Å². The minimum absolute atomic E-state index is 0.0282. The van der Waals surface area contributed by atoms with Gasteiger partial charge in [-0.05, 0) is 31.2 Å². The Bertz CT molecular complexity index is 935. The van der Waals surface area contributed by atoms with E-state index in [4.69, 9.17) is 0 Å². The van der Waals surface area contributed by atoms with Gasteiger partial charge in [0.15, 0.2) is 11.3 Å². The van der Waals surface area contributed by atoms with Crippen LogP contribution in [-0.2, 0) is 19.5 Å². The van der Waals surface area contributed by atoms with E-state index in [1.807, 2.05) is 20.8 Å². The van der Waals surface area contributed by atoms with Crippen molar-refractivity contribution < 1.29 is 4.79 Å². The molecular formula is C17H21N3O3. The Morgan fingerprint density at radius 3 is 2.35 bits per heavy atom. The first-order valence-corrected chi connectivity index (χ1v) is 7.99. The lowest BCUT2D eigenvalue weighted by atomic mass is 9.74. The average molecular weight is 315 g/mol. The summed E-state index contributed by atoms with van der Waals surface area (Å²) in [6, 6.07) is 0. The molecule has 0 fully saturated rings. The minimum Gasteiger partial charge on any atom is -0.294 e. The van der Waals surface area contributed by atoms with Gasteiger partial charge in [-0.2, -0.15) is 0 Å². The third kappa shape index (κ3) is 2.24. The molecule has 23 heavy (non-hydrogen) atoms. The van der Waals surface area contributed by atoms with Crippen LogP contribution in [-0.4, -0.2) is 19.9 Å². The van der Waals surface area contributed by atoms with Crippen LogP contribution in [0.3, 0.4) is 0 Å². The number of ketones is 1. The number of nitrogens with zero attached hydrogens (tertiary/aromatic N) is 3. The lowest BCUT2D eigenvalue weighted by Gasteiger charge is -2.31. The van der Waals surface area contributed by atoms with Gasteiger partial charge in [-0.1, -0.05) is 13.8 Å². The number of fused-ring (bicyclic) bond motifs is 3. The minimum atomic E-state index is -0.379. The standard InChI is InChI=1S/C17H21N3O3/c1-5-19-14-10-7-17(3,4)8-12(21)11(10)9-18-13(14)15(22)20(6-2)16(19)23/h9H,5-8H2,1-4H3. The van der Waals surface area contributed by atoms with Crippen molar-refractivity contribution in [3.05, 3.63) is 38.2 Å². The van der Waals surface area contributed by atoms with Gasteiger partial charge in [-0.3, -0.25) is 18.7 Å². The quantitative estimate of drug-likeness (QED) is 0.846. The van der Waals surface area contributed by atoms with Gasteiger partial charge in [-0.15, -0.1) is 0 Å². The molecule has 1 aliphatic carbocycles. The van der Waals surface area contributed by atoms with Crippen LogP contribution >= 0.6 is 0 Å². The number of aromatic nitrogens is 3. The molecule has 0 spiro atoms. The van der Waals surface area contributed by atoms with Crippen molar-refractivity contribution in [1.29, 1.82) is 0 Å². The summed E-state index contributed by atoms with van der Waals surface area (Å²) in [4.78, 5) is 41.9. The molecule has 0 unspecified atom stereocenters. The van der Waals surface area contributed by atoms with E-state index in [9.17, 15) is 14.4 Å². The fourth-order valence-corrected chi connectivity index (χ4v) is 3.50. The van der Waals surface area contributed by atoms with Crippen LogP contribution in [0.1, 0.15) is 50.0 Å². The smallest absolute Gasteiger partial charge is 0.294 e. The van der Waals surface area contributed by atoms with Gasteiger partial charge in [0.25, 0.3) is 5.56 Å². The summed E-state index contributed by atoms with van der Waals surface area (Å²) in [5.41, 5.74) is 1.24. The summed E-state index contributed by atoms with van der Waals surface area (Å²) in [6.07, 6.45) is 2.61. The molecule has 0 aliphatic heterocycles. The zero-order valence-corrected chi connectivity index (χ0v) is 14.0. The molecular weight excluding hydrogens is 294 g/mol. The number of hydrogen-bond donors (Lipinski definition) is 0. The van der Waals surface area contributed by atoms with Crippen molar-refractivity contribution in [2.24, 2.45) is 5.41 Å². The predicted molar refractivity (Wildman–Crippen MR) is 88.0 cm³/mol. The number of hydrogen-bond acceptors (Lipinski definition) is 4. The normalized spacial score (nSPS) is 16.6. The zero-order valence-electron chi connectivity index (χ0n) is 14.0. The van der Waals surface area contributed by atoms with Gasteiger partial charge in [-0.25, -0.2) is 9.78 Å². The van der Waals surface area contributed by atoms with E-state index in [-0.39, 0.29) is 28.0 Å². The molecule has 0 atom stereocenters. The van der Waals surface area contributed by atoms with Crippen molar-refractivity contribution in [2.75, 3.05) is 0 Å². The Morgan fingerprint density at radius 2 is 1.74 bits per heavy atom. The molecule has 0 saturated carbocycles. The summed E-state index contributed by atoms with van der Waals surface area (Å²) in [5, 5.41) is 0. The topological polar surface area (TPSA) is 74.0 Å². The predicted octanol–water partition coefficient (Wildman–Crippen LogP) is 1.75. The number of aryl methyl sites for hydroxylation is 1. The Balaban J connectivity index is 2.53. The molecule has 0 radical (unpaired) electrons. The molecule has 0 bridgehead atoms. The first kappa shape index (κ1) is 15.6. The molecule has 0 amide bonds. The summed E-state index contributed by atoms with van der Waals surface area (Å²) in [5.74, 6) is 0.0282. The second-order valence-corrected chi connectivity index (χ2v) is 6.86. The molecule has 2 heterocycles. The summed E-state index contributed by atoms with van der Waals surface area (Å²) in [6.45, 7) is 8.42. The number of Topliss-reactive ketones (excluding diaryl/α,β-unsaturated/α-hetero) is 1. The van der Waals surface area contributed by atoms with Crippen molar-refractivity contribution in [2.45, 2.75) is 53.6 Å². The number of rotatable bonds is 2. The molecule has 3 rings (SSSR count). The Kier molecular flexibility index (Phi) is 3.50. The van der Waals surface area contributed by atoms with Crippen LogP contribution < -0.4 is 11.2 Å². The lowest BCUT2D eigenvalue weighted by Crippen LogP contribution is -2.41. The zero-order chi connectivity index (χ0) is 16.9. The van der Waals surface area contributed by atoms with Gasteiger partial charge < -0.3 is 0 Å². The second-order valence-electron chi connectivity index (χ2n) is 6.86. The van der Waals surface area contributed by atoms with Crippen LogP contribution in [0.15, 0.2) is 15.8 Å². The molecule has 1 aliphatic rings. The first-order valence-electron chi connectivity index (χ1n) is 7.99. The van der Waals surface area contributed by atoms with Crippen molar-refractivity contribution in [3.63, 3.8) is 0 Å². The van der Waals surface area contributed by atoms with E-state index in [0.717, 1.165) is 5.56 Å². The van der Waals surface area contributed by atoms with Crippen molar-refractivity contribution in [1.82, 2.24) is 14.1 Å². The number of pyridine rings is 1.